The SMILES string of the molecule is NC1CC(Nc2ncc(Br)cc2C(F)(F)F)C1. The topological polar surface area (TPSA) is 50.9 Å². The van der Waals surface area contributed by atoms with Gasteiger partial charge in [0, 0.05) is 22.8 Å². The molecule has 0 atom stereocenters. The molecular weight excluding hydrogens is 299 g/mol. The number of alkyl halides is 3. The Bertz CT molecular complexity index is 416. The molecule has 1 heterocycles. The normalized spacial score (nSPS) is 24.3. The highest BCUT2D eigenvalue weighted by atomic mass is 79.9. The first-order chi connectivity index (χ1) is 7.86. The van der Waals surface area contributed by atoms with E-state index >= 15 is 0 Å². The third kappa shape index (κ3) is 2.90. The molecule has 0 aromatic carbocycles. The summed E-state index contributed by atoms with van der Waals surface area (Å²) in [7, 11) is 0. The maximum Gasteiger partial charge on any atom is 0.419 e. The second kappa shape index (κ2) is 4.45. The molecule has 0 bridgehead atoms. The molecule has 0 radical (unpaired) electrons. The van der Waals surface area contributed by atoms with Crippen molar-refractivity contribution in [3.05, 3.63) is 22.3 Å². The van der Waals surface area contributed by atoms with Crippen LogP contribution in [0.5, 0.6) is 0 Å². The Morgan fingerprint density at radius 1 is 1.41 bits per heavy atom. The zero-order chi connectivity index (χ0) is 12.6. The van der Waals surface area contributed by atoms with Crippen molar-refractivity contribution in [3.8, 4) is 0 Å². The minimum Gasteiger partial charge on any atom is -0.367 e. The van der Waals surface area contributed by atoms with Crippen molar-refractivity contribution >= 4 is 21.7 Å². The average Bonchev–Trinajstić information content (AvgIpc) is 2.16. The van der Waals surface area contributed by atoms with E-state index in [2.05, 4.69) is 26.2 Å². The lowest BCUT2D eigenvalue weighted by molar-refractivity contribution is -0.137. The predicted molar refractivity (Wildman–Crippen MR) is 61.6 cm³/mol. The Morgan fingerprint density at radius 2 is 2.06 bits per heavy atom. The highest BCUT2D eigenvalue weighted by Gasteiger charge is 2.36. The zero-order valence-corrected chi connectivity index (χ0v) is 10.3. The average molecular weight is 310 g/mol. The molecule has 1 aromatic rings. The van der Waals surface area contributed by atoms with Gasteiger partial charge in [0.05, 0.1) is 5.56 Å². The molecule has 1 aromatic heterocycles. The fraction of sp³-hybridized carbons (Fsp3) is 0.500. The second-order valence-corrected chi connectivity index (χ2v) is 5.04. The monoisotopic (exact) mass is 309 g/mol. The van der Waals surface area contributed by atoms with Crippen LogP contribution in [0.1, 0.15) is 18.4 Å². The van der Waals surface area contributed by atoms with Crippen molar-refractivity contribution in [2.24, 2.45) is 5.73 Å². The summed E-state index contributed by atoms with van der Waals surface area (Å²) in [6.07, 6.45) is -1.72. The molecule has 1 aliphatic rings. The molecule has 7 heteroatoms. The summed E-state index contributed by atoms with van der Waals surface area (Å²) in [5.41, 5.74) is 4.82. The molecule has 1 fully saturated rings. The van der Waals surface area contributed by atoms with Crippen LogP contribution in [0.4, 0.5) is 19.0 Å². The summed E-state index contributed by atoms with van der Waals surface area (Å²) < 4.78 is 38.6. The number of anilines is 1. The fourth-order valence-electron chi connectivity index (χ4n) is 1.74. The van der Waals surface area contributed by atoms with E-state index in [-0.39, 0.29) is 17.9 Å². The first-order valence-corrected chi connectivity index (χ1v) is 5.90. The number of hydrogen-bond acceptors (Lipinski definition) is 3. The number of nitrogens with zero attached hydrogens (tertiary/aromatic N) is 1. The van der Waals surface area contributed by atoms with E-state index in [0.717, 1.165) is 6.07 Å². The van der Waals surface area contributed by atoms with Crippen molar-refractivity contribution in [1.82, 2.24) is 4.98 Å². The minimum absolute atomic E-state index is 0.0141. The van der Waals surface area contributed by atoms with Crippen LogP contribution in [0.15, 0.2) is 16.7 Å². The zero-order valence-electron chi connectivity index (χ0n) is 8.76. The molecule has 0 spiro atoms. The quantitative estimate of drug-likeness (QED) is 0.883. The highest BCUT2D eigenvalue weighted by molar-refractivity contribution is 9.10. The van der Waals surface area contributed by atoms with Crippen LogP contribution >= 0.6 is 15.9 Å². The molecule has 0 saturated heterocycles. The van der Waals surface area contributed by atoms with Crippen LogP contribution in [-0.2, 0) is 6.18 Å². The van der Waals surface area contributed by atoms with Gasteiger partial charge in [0.15, 0.2) is 0 Å². The lowest BCUT2D eigenvalue weighted by Gasteiger charge is -2.34. The fourth-order valence-corrected chi connectivity index (χ4v) is 2.07. The van der Waals surface area contributed by atoms with Gasteiger partial charge >= 0.3 is 6.18 Å². The molecule has 0 unspecified atom stereocenters. The van der Waals surface area contributed by atoms with E-state index in [1.807, 2.05) is 0 Å². The summed E-state index contributed by atoms with van der Waals surface area (Å²) >= 11 is 2.99. The predicted octanol–water partition coefficient (Wildman–Crippen LogP) is 2.76. The van der Waals surface area contributed by atoms with E-state index in [1.54, 1.807) is 0 Å². The van der Waals surface area contributed by atoms with E-state index < -0.39 is 11.7 Å². The van der Waals surface area contributed by atoms with Gasteiger partial charge < -0.3 is 11.1 Å². The highest BCUT2D eigenvalue weighted by Crippen LogP contribution is 2.36. The van der Waals surface area contributed by atoms with Crippen molar-refractivity contribution in [2.75, 3.05) is 5.32 Å². The van der Waals surface area contributed by atoms with Gasteiger partial charge in [-0.1, -0.05) is 0 Å². The molecule has 0 aliphatic heterocycles. The number of hydrogen-bond donors (Lipinski definition) is 2. The van der Waals surface area contributed by atoms with Crippen LogP contribution in [0.25, 0.3) is 0 Å². The largest absolute Gasteiger partial charge is 0.419 e. The lowest BCUT2D eigenvalue weighted by Crippen LogP contribution is -2.44. The third-order valence-electron chi connectivity index (χ3n) is 2.68. The van der Waals surface area contributed by atoms with Gasteiger partial charge in [-0.2, -0.15) is 13.2 Å². The summed E-state index contributed by atoms with van der Waals surface area (Å²) in [5.74, 6) is -0.127. The second-order valence-electron chi connectivity index (χ2n) is 4.12. The standard InChI is InChI=1S/C10H11BrF3N3/c11-5-1-8(10(12,13)14)9(16-4-5)17-7-2-6(15)3-7/h1,4,6-7H,2-3,15H2,(H,16,17). The number of nitrogens with two attached hydrogens (primary N) is 1. The molecule has 17 heavy (non-hydrogen) atoms. The van der Waals surface area contributed by atoms with E-state index in [4.69, 9.17) is 5.73 Å². The molecule has 1 aliphatic carbocycles. The summed E-state index contributed by atoms with van der Waals surface area (Å²) in [6, 6.07) is 1.09. The molecule has 3 nitrogen and oxygen atoms in total. The van der Waals surface area contributed by atoms with Crippen LogP contribution in [0.3, 0.4) is 0 Å². The lowest BCUT2D eigenvalue weighted by atomic mass is 9.87. The van der Waals surface area contributed by atoms with Crippen molar-refractivity contribution < 1.29 is 13.2 Å². The van der Waals surface area contributed by atoms with Crippen LogP contribution in [-0.4, -0.2) is 17.1 Å². The van der Waals surface area contributed by atoms with Crippen LogP contribution in [0, 0.1) is 0 Å². The number of pyridine rings is 1. The van der Waals surface area contributed by atoms with Crippen LogP contribution in [0.2, 0.25) is 0 Å². The van der Waals surface area contributed by atoms with Gasteiger partial charge in [0.1, 0.15) is 5.82 Å². The molecule has 2 rings (SSSR count). The van der Waals surface area contributed by atoms with E-state index in [1.165, 1.54) is 6.20 Å². The van der Waals surface area contributed by atoms with Gasteiger partial charge in [-0.25, -0.2) is 4.98 Å². The number of nitrogens with one attached hydrogen (secondary N) is 1. The van der Waals surface area contributed by atoms with Gasteiger partial charge in [-0.05, 0) is 34.8 Å². The van der Waals surface area contributed by atoms with Gasteiger partial charge in [0.25, 0.3) is 0 Å². The molecular formula is C10H11BrF3N3. The van der Waals surface area contributed by atoms with Gasteiger partial charge in [-0.15, -0.1) is 0 Å². The van der Waals surface area contributed by atoms with E-state index in [9.17, 15) is 13.2 Å². The van der Waals surface area contributed by atoms with E-state index in [0.29, 0.717) is 17.3 Å². The molecule has 1 saturated carbocycles. The van der Waals surface area contributed by atoms with Crippen molar-refractivity contribution in [2.45, 2.75) is 31.1 Å². The van der Waals surface area contributed by atoms with Gasteiger partial charge in [-0.3, -0.25) is 0 Å². The first kappa shape index (κ1) is 12.6. The Balaban J connectivity index is 2.21. The third-order valence-corrected chi connectivity index (χ3v) is 3.11. The Hall–Kier alpha value is -0.820. The number of rotatable bonds is 2. The smallest absolute Gasteiger partial charge is 0.367 e. The number of halogens is 4. The Morgan fingerprint density at radius 3 is 2.59 bits per heavy atom. The minimum atomic E-state index is -4.41. The van der Waals surface area contributed by atoms with Gasteiger partial charge in [0.2, 0.25) is 0 Å². The van der Waals surface area contributed by atoms with Crippen LogP contribution < -0.4 is 11.1 Å². The maximum atomic E-state index is 12.8. The Kier molecular flexibility index (Phi) is 3.31. The first-order valence-electron chi connectivity index (χ1n) is 5.11. The summed E-state index contributed by atoms with van der Waals surface area (Å²) in [4.78, 5) is 3.77. The molecule has 0 amide bonds. The molecule has 94 valence electrons. The summed E-state index contributed by atoms with van der Waals surface area (Å²) in [5, 5.41) is 2.78. The Labute approximate surface area is 105 Å². The summed E-state index contributed by atoms with van der Waals surface area (Å²) in [6.45, 7) is 0. The number of aromatic nitrogens is 1. The van der Waals surface area contributed by atoms with Crippen molar-refractivity contribution in [1.29, 1.82) is 0 Å². The van der Waals surface area contributed by atoms with Crippen molar-refractivity contribution in [3.63, 3.8) is 0 Å². The molecule has 3 N–H and O–H groups in total. The maximum absolute atomic E-state index is 12.8.